The third-order valence-corrected chi connectivity index (χ3v) is 4.20. The van der Waals surface area contributed by atoms with Crippen LogP contribution in [0.2, 0.25) is 0 Å². The molecule has 0 aromatic heterocycles. The van der Waals surface area contributed by atoms with E-state index < -0.39 is 0 Å². The van der Waals surface area contributed by atoms with E-state index in [-0.39, 0.29) is 5.60 Å². The SMILES string of the molecule is C=C1C[C@H]2CC[C@@H]3CCC[C@]3(C1)O2. The smallest absolute Gasteiger partial charge is 0.0751 e. The molecule has 3 fully saturated rings. The van der Waals surface area contributed by atoms with E-state index in [0.29, 0.717) is 6.10 Å². The monoisotopic (exact) mass is 178 g/mol. The van der Waals surface area contributed by atoms with Gasteiger partial charge in [0.05, 0.1) is 11.7 Å². The maximum atomic E-state index is 6.24. The summed E-state index contributed by atoms with van der Waals surface area (Å²) in [6.07, 6.45) is 9.60. The molecular formula is C12H18O. The fraction of sp³-hybridized carbons (Fsp3) is 0.833. The van der Waals surface area contributed by atoms with Crippen LogP contribution in [-0.4, -0.2) is 11.7 Å². The van der Waals surface area contributed by atoms with Crippen LogP contribution in [0.3, 0.4) is 0 Å². The first-order chi connectivity index (χ1) is 6.28. The number of hydrogen-bond donors (Lipinski definition) is 0. The molecule has 72 valence electrons. The molecule has 3 aliphatic rings. The molecule has 0 radical (unpaired) electrons. The maximum absolute atomic E-state index is 6.24. The molecule has 3 atom stereocenters. The van der Waals surface area contributed by atoms with Crippen molar-refractivity contribution in [2.24, 2.45) is 5.92 Å². The summed E-state index contributed by atoms with van der Waals surface area (Å²) >= 11 is 0. The summed E-state index contributed by atoms with van der Waals surface area (Å²) in [5, 5.41) is 0. The predicted octanol–water partition coefficient (Wildman–Crippen LogP) is 3.05. The largest absolute Gasteiger partial charge is 0.371 e. The highest BCUT2D eigenvalue weighted by Gasteiger charge is 2.50. The van der Waals surface area contributed by atoms with Gasteiger partial charge in [-0.05, 0) is 44.4 Å². The Bertz CT molecular complexity index is 246. The average molecular weight is 178 g/mol. The number of rotatable bonds is 0. The van der Waals surface area contributed by atoms with Gasteiger partial charge >= 0.3 is 0 Å². The van der Waals surface area contributed by atoms with Gasteiger partial charge in [0, 0.05) is 0 Å². The molecule has 0 aromatic rings. The molecule has 1 nitrogen and oxygen atoms in total. The Balaban J connectivity index is 1.93. The van der Waals surface area contributed by atoms with Gasteiger partial charge in [0.2, 0.25) is 0 Å². The van der Waals surface area contributed by atoms with E-state index in [2.05, 4.69) is 6.58 Å². The van der Waals surface area contributed by atoms with Gasteiger partial charge in [-0.2, -0.15) is 0 Å². The van der Waals surface area contributed by atoms with Crippen LogP contribution in [-0.2, 0) is 4.74 Å². The van der Waals surface area contributed by atoms with Crippen LogP contribution in [0, 0.1) is 5.92 Å². The van der Waals surface area contributed by atoms with E-state index in [1.165, 1.54) is 37.7 Å². The van der Waals surface area contributed by atoms with Crippen LogP contribution in [0.15, 0.2) is 12.2 Å². The first-order valence-electron chi connectivity index (χ1n) is 5.63. The molecule has 1 saturated carbocycles. The van der Waals surface area contributed by atoms with E-state index in [1.54, 1.807) is 0 Å². The normalized spacial score (nSPS) is 49.1. The van der Waals surface area contributed by atoms with Gasteiger partial charge in [0.15, 0.2) is 0 Å². The summed E-state index contributed by atoms with van der Waals surface area (Å²) in [5.74, 6) is 0.862. The molecule has 0 N–H and O–H groups in total. The van der Waals surface area contributed by atoms with Gasteiger partial charge in [-0.25, -0.2) is 0 Å². The Labute approximate surface area is 80.2 Å². The zero-order chi connectivity index (χ0) is 8.89. The Morgan fingerprint density at radius 1 is 1.31 bits per heavy atom. The maximum Gasteiger partial charge on any atom is 0.0751 e. The first kappa shape index (κ1) is 8.05. The third-order valence-electron chi connectivity index (χ3n) is 4.20. The van der Waals surface area contributed by atoms with Crippen molar-refractivity contribution >= 4 is 0 Å². The second kappa shape index (κ2) is 2.60. The Morgan fingerprint density at radius 2 is 2.23 bits per heavy atom. The molecule has 1 aliphatic carbocycles. The van der Waals surface area contributed by atoms with E-state index in [9.17, 15) is 0 Å². The van der Waals surface area contributed by atoms with E-state index in [0.717, 1.165) is 18.8 Å². The number of fused-ring (bicyclic) bond motifs is 1. The predicted molar refractivity (Wildman–Crippen MR) is 52.6 cm³/mol. The zero-order valence-corrected chi connectivity index (χ0v) is 8.22. The van der Waals surface area contributed by atoms with Gasteiger partial charge < -0.3 is 4.74 Å². The van der Waals surface area contributed by atoms with Crippen molar-refractivity contribution in [2.75, 3.05) is 0 Å². The van der Waals surface area contributed by atoms with Crippen molar-refractivity contribution in [3.63, 3.8) is 0 Å². The highest BCUT2D eigenvalue weighted by Crippen LogP contribution is 2.52. The van der Waals surface area contributed by atoms with E-state index in [1.807, 2.05) is 0 Å². The minimum Gasteiger partial charge on any atom is -0.371 e. The van der Waals surface area contributed by atoms with Crippen molar-refractivity contribution in [2.45, 2.75) is 56.7 Å². The van der Waals surface area contributed by atoms with Crippen molar-refractivity contribution in [3.05, 3.63) is 12.2 Å². The molecule has 0 unspecified atom stereocenters. The highest BCUT2D eigenvalue weighted by molar-refractivity contribution is 5.13. The van der Waals surface area contributed by atoms with Crippen molar-refractivity contribution < 1.29 is 4.74 Å². The van der Waals surface area contributed by atoms with Gasteiger partial charge in [0.25, 0.3) is 0 Å². The van der Waals surface area contributed by atoms with Gasteiger partial charge in [-0.3, -0.25) is 0 Å². The fourth-order valence-corrected chi connectivity index (χ4v) is 3.69. The van der Waals surface area contributed by atoms with Gasteiger partial charge in [-0.1, -0.05) is 18.6 Å². The minimum atomic E-state index is 0.262. The van der Waals surface area contributed by atoms with Crippen LogP contribution < -0.4 is 0 Å². The molecule has 2 aliphatic heterocycles. The van der Waals surface area contributed by atoms with Crippen LogP contribution in [0.5, 0.6) is 0 Å². The zero-order valence-electron chi connectivity index (χ0n) is 8.22. The Kier molecular flexibility index (Phi) is 1.61. The summed E-state index contributed by atoms with van der Waals surface area (Å²) in [6.45, 7) is 4.17. The van der Waals surface area contributed by atoms with Gasteiger partial charge in [-0.15, -0.1) is 0 Å². The Morgan fingerprint density at radius 3 is 3.15 bits per heavy atom. The van der Waals surface area contributed by atoms with Crippen molar-refractivity contribution in [3.8, 4) is 0 Å². The molecule has 0 amide bonds. The second-order valence-corrected chi connectivity index (χ2v) is 5.10. The quantitative estimate of drug-likeness (QED) is 0.518. The molecule has 0 aromatic carbocycles. The Hall–Kier alpha value is -0.300. The molecule has 1 spiro atoms. The standard InChI is InChI=1S/C12H18O/c1-9-7-11-5-4-10-3-2-6-12(10,8-9)13-11/h10-11H,1-8H2/t10-,11+,12+/m0/s1. The fourth-order valence-electron chi connectivity index (χ4n) is 3.69. The van der Waals surface area contributed by atoms with E-state index in [4.69, 9.17) is 4.74 Å². The summed E-state index contributed by atoms with van der Waals surface area (Å²) in [7, 11) is 0. The number of ether oxygens (including phenoxy) is 1. The lowest BCUT2D eigenvalue weighted by molar-refractivity contribution is -0.164. The average Bonchev–Trinajstić information content (AvgIpc) is 2.44. The lowest BCUT2D eigenvalue weighted by atomic mass is 9.74. The minimum absolute atomic E-state index is 0.262. The third kappa shape index (κ3) is 1.10. The van der Waals surface area contributed by atoms with E-state index >= 15 is 0 Å². The lowest BCUT2D eigenvalue weighted by Crippen LogP contribution is -2.48. The molecule has 13 heavy (non-hydrogen) atoms. The summed E-state index contributed by atoms with van der Waals surface area (Å²) in [5.41, 5.74) is 1.71. The van der Waals surface area contributed by atoms with Crippen LogP contribution in [0.1, 0.15) is 44.9 Å². The van der Waals surface area contributed by atoms with Crippen molar-refractivity contribution in [1.29, 1.82) is 0 Å². The summed E-state index contributed by atoms with van der Waals surface area (Å²) in [4.78, 5) is 0. The molecule has 2 bridgehead atoms. The molecule has 1 heteroatoms. The molecule has 2 saturated heterocycles. The van der Waals surface area contributed by atoms with Crippen LogP contribution in [0.4, 0.5) is 0 Å². The molecule has 2 heterocycles. The van der Waals surface area contributed by atoms with Crippen LogP contribution in [0.25, 0.3) is 0 Å². The van der Waals surface area contributed by atoms with Crippen molar-refractivity contribution in [1.82, 2.24) is 0 Å². The van der Waals surface area contributed by atoms with Crippen LogP contribution >= 0.6 is 0 Å². The lowest BCUT2D eigenvalue weighted by Gasteiger charge is -2.48. The topological polar surface area (TPSA) is 9.23 Å². The first-order valence-corrected chi connectivity index (χ1v) is 5.63. The second-order valence-electron chi connectivity index (χ2n) is 5.10. The molecule has 3 rings (SSSR count). The molecular weight excluding hydrogens is 160 g/mol. The van der Waals surface area contributed by atoms with Gasteiger partial charge in [0.1, 0.15) is 0 Å². The highest BCUT2D eigenvalue weighted by atomic mass is 16.5. The summed E-state index contributed by atoms with van der Waals surface area (Å²) < 4.78 is 6.24. The summed E-state index contributed by atoms with van der Waals surface area (Å²) in [6, 6.07) is 0. The number of hydrogen-bond acceptors (Lipinski definition) is 1.